The zero-order valence-corrected chi connectivity index (χ0v) is 17.7. The molecule has 27 heavy (non-hydrogen) atoms. The van der Waals surface area contributed by atoms with Gasteiger partial charge in [-0.15, -0.1) is 23.2 Å². The molecule has 2 aromatic carbocycles. The van der Waals surface area contributed by atoms with Gasteiger partial charge in [0.25, 0.3) is 5.91 Å². The van der Waals surface area contributed by atoms with Gasteiger partial charge in [0.2, 0.25) is 5.91 Å². The maximum absolute atomic E-state index is 14.1. The number of benzene rings is 2. The highest BCUT2D eigenvalue weighted by molar-refractivity contribution is 14.1. The fourth-order valence-corrected chi connectivity index (χ4v) is 3.50. The third-order valence-electron chi connectivity index (χ3n) is 3.90. The van der Waals surface area contributed by atoms with E-state index in [0.29, 0.717) is 12.1 Å². The molecule has 0 heterocycles. The molecule has 1 aliphatic rings. The second-order valence-corrected chi connectivity index (χ2v) is 8.91. The highest BCUT2D eigenvalue weighted by Crippen LogP contribution is 2.53. The zero-order valence-electron chi connectivity index (χ0n) is 13.3. The summed E-state index contributed by atoms with van der Waals surface area (Å²) in [5.74, 6) is -3.26. The Morgan fingerprint density at radius 1 is 1.15 bits per heavy atom. The summed E-state index contributed by atoms with van der Waals surface area (Å²) in [4.78, 5) is 24.5. The highest BCUT2D eigenvalue weighted by Gasteiger charge is 2.56. The van der Waals surface area contributed by atoms with E-state index in [0.717, 1.165) is 12.1 Å². The molecule has 2 N–H and O–H groups in total. The maximum atomic E-state index is 14.1. The first kappa shape index (κ1) is 20.6. The topological polar surface area (TPSA) is 58.2 Å². The Morgan fingerprint density at radius 3 is 2.44 bits per heavy atom. The van der Waals surface area contributed by atoms with Crippen LogP contribution >= 0.6 is 57.4 Å². The van der Waals surface area contributed by atoms with Crippen molar-refractivity contribution in [3.05, 3.63) is 56.1 Å². The van der Waals surface area contributed by atoms with Crippen molar-refractivity contribution < 1.29 is 18.4 Å². The lowest BCUT2D eigenvalue weighted by atomic mass is 10.1. The molecule has 142 valence electrons. The second kappa shape index (κ2) is 7.69. The van der Waals surface area contributed by atoms with E-state index in [1.165, 1.54) is 40.8 Å². The van der Waals surface area contributed by atoms with Crippen LogP contribution in [0.3, 0.4) is 0 Å². The van der Waals surface area contributed by atoms with Crippen LogP contribution in [0.5, 0.6) is 0 Å². The fraction of sp³-hybridized carbons (Fsp3) is 0.176. The fourth-order valence-electron chi connectivity index (χ4n) is 2.32. The van der Waals surface area contributed by atoms with Crippen molar-refractivity contribution in [1.29, 1.82) is 0 Å². The molecule has 0 saturated heterocycles. The Hall–Kier alpha value is -1.16. The summed E-state index contributed by atoms with van der Waals surface area (Å²) < 4.78 is 26.1. The van der Waals surface area contributed by atoms with Gasteiger partial charge in [-0.3, -0.25) is 9.59 Å². The van der Waals surface area contributed by atoms with E-state index in [1.54, 1.807) is 0 Å². The molecular formula is C17H10Cl3F2IN2O2. The lowest BCUT2D eigenvalue weighted by Gasteiger charge is -2.11. The minimum atomic E-state index is -1.08. The van der Waals surface area contributed by atoms with E-state index in [2.05, 4.69) is 10.6 Å². The van der Waals surface area contributed by atoms with Crippen LogP contribution in [0.25, 0.3) is 0 Å². The minimum absolute atomic E-state index is 0.00649. The Labute approximate surface area is 181 Å². The number of carbonyl (C=O) groups excluding carboxylic acids is 2. The molecule has 1 atom stereocenters. The van der Waals surface area contributed by atoms with Crippen LogP contribution in [0.15, 0.2) is 30.3 Å². The van der Waals surface area contributed by atoms with Crippen LogP contribution in [0.1, 0.15) is 16.8 Å². The van der Waals surface area contributed by atoms with E-state index in [-0.39, 0.29) is 25.8 Å². The first-order valence-corrected chi connectivity index (χ1v) is 9.74. The van der Waals surface area contributed by atoms with Crippen molar-refractivity contribution in [2.24, 2.45) is 5.92 Å². The summed E-state index contributed by atoms with van der Waals surface area (Å²) in [5, 5.41) is 5.04. The van der Waals surface area contributed by atoms with Gasteiger partial charge in [0, 0.05) is 5.69 Å². The summed E-state index contributed by atoms with van der Waals surface area (Å²) in [6.07, 6.45) is 0.339. The van der Waals surface area contributed by atoms with Gasteiger partial charge in [-0.05, 0) is 59.3 Å². The van der Waals surface area contributed by atoms with E-state index >= 15 is 0 Å². The minimum Gasteiger partial charge on any atom is -0.326 e. The average molecular weight is 546 g/mol. The van der Waals surface area contributed by atoms with Crippen molar-refractivity contribution in [2.75, 3.05) is 10.6 Å². The Bertz CT molecular complexity index is 956. The molecule has 4 nitrogen and oxygen atoms in total. The van der Waals surface area contributed by atoms with Crippen LogP contribution in [0.4, 0.5) is 20.2 Å². The van der Waals surface area contributed by atoms with Crippen LogP contribution in [0, 0.1) is 21.1 Å². The number of carbonyl (C=O) groups is 2. The quantitative estimate of drug-likeness (QED) is 0.298. The third kappa shape index (κ3) is 4.47. The molecule has 0 aromatic heterocycles. The summed E-state index contributed by atoms with van der Waals surface area (Å²) in [6.45, 7) is 0. The largest absolute Gasteiger partial charge is 0.326 e. The van der Waals surface area contributed by atoms with Gasteiger partial charge in [0.05, 0.1) is 25.8 Å². The molecule has 0 aliphatic heterocycles. The normalized spacial score (nSPS) is 17.3. The second-order valence-electron chi connectivity index (χ2n) is 5.88. The summed E-state index contributed by atoms with van der Waals surface area (Å²) in [7, 11) is 0. The molecule has 0 spiro atoms. The smallest absolute Gasteiger partial charge is 0.257 e. The zero-order chi connectivity index (χ0) is 19.9. The number of halogens is 6. The number of hydrogen-bond donors (Lipinski definition) is 2. The molecule has 2 amide bonds. The van der Waals surface area contributed by atoms with E-state index < -0.39 is 27.8 Å². The van der Waals surface area contributed by atoms with E-state index in [1.807, 2.05) is 0 Å². The monoisotopic (exact) mass is 544 g/mol. The van der Waals surface area contributed by atoms with Crippen LogP contribution in [0.2, 0.25) is 5.02 Å². The lowest BCUT2D eigenvalue weighted by molar-refractivity contribution is -0.117. The number of amides is 2. The average Bonchev–Trinajstić information content (AvgIpc) is 3.25. The van der Waals surface area contributed by atoms with Gasteiger partial charge in [0.15, 0.2) is 5.82 Å². The molecule has 1 saturated carbocycles. The van der Waals surface area contributed by atoms with Crippen molar-refractivity contribution in [3.63, 3.8) is 0 Å². The standard InChI is InChI=1S/C17H10Cl3F2IN2O2/c18-10-2-1-7(24-16(27)9-6-17(9,19)20)5-8(10)15(26)25-12-4-3-11(21)14(23)13(12)22/h1-5,9H,6H2,(H,24,27)(H,25,26). The van der Waals surface area contributed by atoms with Gasteiger partial charge in [-0.1, -0.05) is 11.6 Å². The predicted molar refractivity (Wildman–Crippen MR) is 110 cm³/mol. The third-order valence-corrected chi connectivity index (χ3v) is 6.06. The maximum Gasteiger partial charge on any atom is 0.257 e. The van der Waals surface area contributed by atoms with E-state index in [9.17, 15) is 18.4 Å². The Morgan fingerprint density at radius 2 is 1.81 bits per heavy atom. The Balaban J connectivity index is 1.79. The number of rotatable bonds is 4. The van der Waals surface area contributed by atoms with Crippen molar-refractivity contribution in [1.82, 2.24) is 0 Å². The molecule has 0 bridgehead atoms. The molecule has 0 radical (unpaired) electrons. The predicted octanol–water partition coefficient (Wildman–Crippen LogP) is 5.61. The molecule has 1 aliphatic carbocycles. The van der Waals surface area contributed by atoms with Gasteiger partial charge < -0.3 is 10.6 Å². The summed E-state index contributed by atoms with van der Waals surface area (Å²) >= 11 is 19.3. The summed E-state index contributed by atoms with van der Waals surface area (Å²) in [5.41, 5.74) is 0.120. The number of nitrogens with one attached hydrogen (secondary N) is 2. The SMILES string of the molecule is O=C(Nc1ccc(F)c(I)c1F)c1cc(NC(=O)C2CC2(Cl)Cl)ccc1Cl. The van der Waals surface area contributed by atoms with Gasteiger partial charge in [-0.25, -0.2) is 8.78 Å². The molecule has 1 fully saturated rings. The molecule has 2 aromatic rings. The van der Waals surface area contributed by atoms with Crippen molar-refractivity contribution in [2.45, 2.75) is 10.8 Å². The molecular weight excluding hydrogens is 535 g/mol. The highest BCUT2D eigenvalue weighted by atomic mass is 127. The number of anilines is 2. The molecule has 10 heteroatoms. The number of hydrogen-bond acceptors (Lipinski definition) is 2. The van der Waals surface area contributed by atoms with Crippen molar-refractivity contribution >= 4 is 80.6 Å². The van der Waals surface area contributed by atoms with Crippen molar-refractivity contribution in [3.8, 4) is 0 Å². The van der Waals surface area contributed by atoms with Crippen LogP contribution in [-0.4, -0.2) is 16.1 Å². The van der Waals surface area contributed by atoms with Crippen LogP contribution in [-0.2, 0) is 4.79 Å². The van der Waals surface area contributed by atoms with E-state index in [4.69, 9.17) is 34.8 Å². The lowest BCUT2D eigenvalue weighted by Crippen LogP contribution is -2.18. The Kier molecular flexibility index (Phi) is 5.86. The number of alkyl halides is 2. The first-order valence-electron chi connectivity index (χ1n) is 7.53. The molecule has 1 unspecified atom stereocenters. The first-order chi connectivity index (χ1) is 12.6. The van der Waals surface area contributed by atoms with Gasteiger partial charge in [-0.2, -0.15) is 0 Å². The summed E-state index contributed by atoms with van der Waals surface area (Å²) in [6, 6.07) is 6.41. The van der Waals surface area contributed by atoms with Crippen LogP contribution < -0.4 is 10.6 Å². The van der Waals surface area contributed by atoms with Gasteiger partial charge in [0.1, 0.15) is 10.2 Å². The molecule has 3 rings (SSSR count). The van der Waals surface area contributed by atoms with Gasteiger partial charge >= 0.3 is 0 Å².